The van der Waals surface area contributed by atoms with Gasteiger partial charge in [0.25, 0.3) is 0 Å². The van der Waals surface area contributed by atoms with Crippen LogP contribution >= 0.6 is 0 Å². The third kappa shape index (κ3) is 2.43. The summed E-state index contributed by atoms with van der Waals surface area (Å²) in [7, 11) is 0. The van der Waals surface area contributed by atoms with E-state index in [0.717, 1.165) is 36.4 Å². The molecule has 2 aromatic heterocycles. The van der Waals surface area contributed by atoms with Crippen molar-refractivity contribution < 1.29 is 4.42 Å². The first-order chi connectivity index (χ1) is 10.8. The van der Waals surface area contributed by atoms with E-state index in [0.29, 0.717) is 11.8 Å². The van der Waals surface area contributed by atoms with Crippen LogP contribution in [0.2, 0.25) is 0 Å². The number of pyridine rings is 1. The van der Waals surface area contributed by atoms with E-state index in [1.54, 1.807) is 6.20 Å². The second-order valence-electron chi connectivity index (χ2n) is 5.96. The van der Waals surface area contributed by atoms with E-state index in [-0.39, 0.29) is 0 Å². The number of hydrogen-bond acceptors (Lipinski definition) is 3. The highest BCUT2D eigenvalue weighted by atomic mass is 16.4. The molecular weight excluding hydrogens is 272 g/mol. The first-order valence-corrected chi connectivity index (χ1v) is 7.76. The minimum Gasteiger partial charge on any atom is -0.440 e. The zero-order valence-electron chi connectivity index (χ0n) is 12.6. The molecule has 1 aliphatic rings. The van der Waals surface area contributed by atoms with Crippen LogP contribution in [-0.2, 0) is 12.8 Å². The Hall–Kier alpha value is -2.42. The van der Waals surface area contributed by atoms with E-state index in [2.05, 4.69) is 41.2 Å². The van der Waals surface area contributed by atoms with Crippen LogP contribution in [0, 0.1) is 6.92 Å². The van der Waals surface area contributed by atoms with Crippen molar-refractivity contribution in [1.29, 1.82) is 0 Å². The Morgan fingerprint density at radius 1 is 1.14 bits per heavy atom. The number of aryl methyl sites for hydroxylation is 2. The Balaban J connectivity index is 1.63. The van der Waals surface area contributed by atoms with Crippen LogP contribution in [0.15, 0.2) is 53.1 Å². The fourth-order valence-electron chi connectivity index (χ4n) is 3.18. The minimum atomic E-state index is 0.525. The smallest absolute Gasteiger partial charge is 0.245 e. The number of oxazole rings is 1. The second-order valence-corrected chi connectivity index (χ2v) is 5.96. The molecule has 2 heterocycles. The maximum Gasteiger partial charge on any atom is 0.245 e. The monoisotopic (exact) mass is 290 g/mol. The molecule has 0 amide bonds. The number of hydrogen-bond donors (Lipinski definition) is 0. The lowest BCUT2D eigenvalue weighted by molar-refractivity contribution is 0.457. The van der Waals surface area contributed by atoms with Gasteiger partial charge >= 0.3 is 0 Å². The fourth-order valence-corrected chi connectivity index (χ4v) is 3.18. The lowest BCUT2D eigenvalue weighted by Gasteiger charge is -2.20. The topological polar surface area (TPSA) is 38.9 Å². The van der Waals surface area contributed by atoms with E-state index >= 15 is 0 Å². The van der Waals surface area contributed by atoms with Gasteiger partial charge in [-0.3, -0.25) is 4.98 Å². The van der Waals surface area contributed by atoms with Crippen molar-refractivity contribution in [1.82, 2.24) is 9.97 Å². The molecule has 0 fully saturated rings. The summed E-state index contributed by atoms with van der Waals surface area (Å²) in [6, 6.07) is 14.6. The lowest BCUT2D eigenvalue weighted by atomic mass is 9.84. The lowest BCUT2D eigenvalue weighted by Crippen LogP contribution is -2.11. The number of aromatic nitrogens is 2. The molecule has 1 atom stereocenters. The Morgan fingerprint density at radius 2 is 2.09 bits per heavy atom. The van der Waals surface area contributed by atoms with E-state index in [1.807, 2.05) is 18.2 Å². The average molecular weight is 290 g/mol. The van der Waals surface area contributed by atoms with Crippen molar-refractivity contribution in [3.05, 3.63) is 71.2 Å². The molecule has 1 unspecified atom stereocenters. The summed E-state index contributed by atoms with van der Waals surface area (Å²) in [4.78, 5) is 8.96. The number of benzene rings is 1. The molecule has 0 saturated heterocycles. The molecule has 0 N–H and O–H groups in total. The van der Waals surface area contributed by atoms with E-state index < -0.39 is 0 Å². The summed E-state index contributed by atoms with van der Waals surface area (Å²) < 4.78 is 6.00. The Bertz CT molecular complexity index is 792. The van der Waals surface area contributed by atoms with Gasteiger partial charge in [0, 0.05) is 12.6 Å². The molecule has 1 aromatic carbocycles. The molecule has 0 saturated carbocycles. The number of rotatable bonds is 2. The molecule has 22 heavy (non-hydrogen) atoms. The molecule has 4 rings (SSSR count). The van der Waals surface area contributed by atoms with Crippen LogP contribution in [0.4, 0.5) is 0 Å². The van der Waals surface area contributed by atoms with E-state index in [4.69, 9.17) is 4.42 Å². The number of fused-ring (bicyclic) bond motifs is 1. The zero-order valence-corrected chi connectivity index (χ0v) is 12.6. The standard InChI is InChI=1S/C19H18N2O/c1-13-5-4-6-14(11-13)15-8-9-16-18(12-15)22-19(21-16)17-7-2-3-10-20-17/h2-7,10-11,15H,8-9,12H2,1H3. The molecule has 0 radical (unpaired) electrons. The average Bonchev–Trinajstić information content (AvgIpc) is 2.99. The van der Waals surface area contributed by atoms with Crippen LogP contribution in [0.25, 0.3) is 11.6 Å². The molecule has 0 aliphatic heterocycles. The zero-order chi connectivity index (χ0) is 14.9. The van der Waals surface area contributed by atoms with Gasteiger partial charge in [-0.05, 0) is 43.4 Å². The van der Waals surface area contributed by atoms with Crippen molar-refractivity contribution in [3.63, 3.8) is 0 Å². The van der Waals surface area contributed by atoms with Gasteiger partial charge in [-0.15, -0.1) is 0 Å². The summed E-state index contributed by atoms with van der Waals surface area (Å²) in [5.74, 6) is 2.20. The Labute approximate surface area is 130 Å². The third-order valence-corrected chi connectivity index (χ3v) is 4.34. The fraction of sp³-hybridized carbons (Fsp3) is 0.263. The number of nitrogens with zero attached hydrogens (tertiary/aromatic N) is 2. The van der Waals surface area contributed by atoms with Crippen molar-refractivity contribution in [3.8, 4) is 11.6 Å². The largest absolute Gasteiger partial charge is 0.440 e. The minimum absolute atomic E-state index is 0.525. The Morgan fingerprint density at radius 3 is 2.91 bits per heavy atom. The highest BCUT2D eigenvalue weighted by Gasteiger charge is 2.25. The Kier molecular flexibility index (Phi) is 3.26. The van der Waals surface area contributed by atoms with Crippen molar-refractivity contribution in [2.24, 2.45) is 0 Å². The van der Waals surface area contributed by atoms with Gasteiger partial charge < -0.3 is 4.42 Å². The summed E-state index contributed by atoms with van der Waals surface area (Å²) in [6.07, 6.45) is 4.81. The molecule has 110 valence electrons. The second kappa shape index (κ2) is 5.41. The van der Waals surface area contributed by atoms with Crippen LogP contribution in [-0.4, -0.2) is 9.97 Å². The molecule has 3 aromatic rings. The van der Waals surface area contributed by atoms with Crippen LogP contribution in [0.5, 0.6) is 0 Å². The van der Waals surface area contributed by atoms with Gasteiger partial charge in [0.15, 0.2) is 0 Å². The van der Waals surface area contributed by atoms with Crippen LogP contribution < -0.4 is 0 Å². The van der Waals surface area contributed by atoms with Crippen LogP contribution in [0.3, 0.4) is 0 Å². The van der Waals surface area contributed by atoms with Gasteiger partial charge in [0.1, 0.15) is 11.5 Å². The molecule has 1 aliphatic carbocycles. The van der Waals surface area contributed by atoms with Gasteiger partial charge in [0.05, 0.1) is 5.69 Å². The molecular formula is C19H18N2O. The first kappa shape index (κ1) is 13.3. The summed E-state index contributed by atoms with van der Waals surface area (Å²) >= 11 is 0. The molecule has 3 heteroatoms. The normalized spacial score (nSPS) is 17.2. The molecule has 3 nitrogen and oxygen atoms in total. The highest BCUT2D eigenvalue weighted by Crippen LogP contribution is 2.34. The predicted octanol–water partition coefficient (Wildman–Crippen LogP) is 4.32. The quantitative estimate of drug-likeness (QED) is 0.705. The van der Waals surface area contributed by atoms with Crippen LogP contribution in [0.1, 0.15) is 34.9 Å². The maximum absolute atomic E-state index is 6.00. The van der Waals surface area contributed by atoms with Gasteiger partial charge in [-0.2, -0.15) is 0 Å². The van der Waals surface area contributed by atoms with Crippen molar-refractivity contribution in [2.45, 2.75) is 32.1 Å². The summed E-state index contributed by atoms with van der Waals surface area (Å²) in [5.41, 5.74) is 4.63. The first-order valence-electron chi connectivity index (χ1n) is 7.76. The highest BCUT2D eigenvalue weighted by molar-refractivity contribution is 5.47. The predicted molar refractivity (Wildman–Crippen MR) is 85.7 cm³/mol. The summed E-state index contributed by atoms with van der Waals surface area (Å²) in [6.45, 7) is 2.14. The summed E-state index contributed by atoms with van der Waals surface area (Å²) in [5, 5.41) is 0. The van der Waals surface area contributed by atoms with Crippen molar-refractivity contribution in [2.75, 3.05) is 0 Å². The molecule has 0 spiro atoms. The van der Waals surface area contributed by atoms with Crippen molar-refractivity contribution >= 4 is 0 Å². The SMILES string of the molecule is Cc1cccc(C2CCc3nc(-c4ccccn4)oc3C2)c1. The third-order valence-electron chi connectivity index (χ3n) is 4.34. The van der Waals surface area contributed by atoms with E-state index in [9.17, 15) is 0 Å². The van der Waals surface area contributed by atoms with Gasteiger partial charge in [0.2, 0.25) is 5.89 Å². The molecule has 0 bridgehead atoms. The van der Waals surface area contributed by atoms with E-state index in [1.165, 1.54) is 11.1 Å². The van der Waals surface area contributed by atoms with Gasteiger partial charge in [-0.1, -0.05) is 35.9 Å². The van der Waals surface area contributed by atoms with Gasteiger partial charge in [-0.25, -0.2) is 4.98 Å². The maximum atomic E-state index is 6.00.